The van der Waals surface area contributed by atoms with Crippen LogP contribution in [0.4, 0.5) is 0 Å². The van der Waals surface area contributed by atoms with Crippen molar-refractivity contribution in [3.8, 4) is 0 Å². The van der Waals surface area contributed by atoms with Crippen molar-refractivity contribution >= 4 is 16.9 Å². The van der Waals surface area contributed by atoms with Gasteiger partial charge in [-0.1, -0.05) is 6.07 Å². The first-order valence-electron chi connectivity index (χ1n) is 6.00. The molecule has 18 heavy (non-hydrogen) atoms. The highest BCUT2D eigenvalue weighted by molar-refractivity contribution is 5.94. The summed E-state index contributed by atoms with van der Waals surface area (Å²) in [6.45, 7) is 4.70. The van der Waals surface area contributed by atoms with E-state index in [1.807, 2.05) is 17.7 Å². The fourth-order valence-electron chi connectivity index (χ4n) is 1.83. The van der Waals surface area contributed by atoms with Gasteiger partial charge in [-0.15, -0.1) is 0 Å². The summed E-state index contributed by atoms with van der Waals surface area (Å²) < 4.78 is 6.79. The number of nitrogens with two attached hydrogens (primary N) is 1. The zero-order valence-corrected chi connectivity index (χ0v) is 10.6. The standard InChI is InChI=1S/C13H17N3O2/c1-3-18-13(17)10-4-5-11-7-15-16(8-9(2)14)12(11)6-10/h4-7,9H,3,8,14H2,1-2H3/t9-/m0/s1. The number of benzene rings is 1. The fraction of sp³-hybridized carbons (Fsp3) is 0.385. The number of rotatable bonds is 4. The maximum absolute atomic E-state index is 11.7. The molecule has 0 spiro atoms. The van der Waals surface area contributed by atoms with Gasteiger partial charge in [-0.05, 0) is 26.0 Å². The van der Waals surface area contributed by atoms with Gasteiger partial charge >= 0.3 is 5.97 Å². The van der Waals surface area contributed by atoms with Crippen molar-refractivity contribution in [1.82, 2.24) is 9.78 Å². The van der Waals surface area contributed by atoms with Crippen LogP contribution in [0, 0.1) is 0 Å². The molecule has 1 aromatic heterocycles. The van der Waals surface area contributed by atoms with Gasteiger partial charge in [0.25, 0.3) is 0 Å². The Hall–Kier alpha value is -1.88. The van der Waals surface area contributed by atoms with Crippen molar-refractivity contribution in [2.75, 3.05) is 6.61 Å². The lowest BCUT2D eigenvalue weighted by Crippen LogP contribution is -2.22. The molecule has 5 heteroatoms. The van der Waals surface area contributed by atoms with Crippen LogP contribution in [0.15, 0.2) is 24.4 Å². The van der Waals surface area contributed by atoms with Gasteiger partial charge in [0.2, 0.25) is 0 Å². The summed E-state index contributed by atoms with van der Waals surface area (Å²) >= 11 is 0. The van der Waals surface area contributed by atoms with E-state index in [4.69, 9.17) is 10.5 Å². The Morgan fingerprint density at radius 2 is 2.33 bits per heavy atom. The van der Waals surface area contributed by atoms with E-state index in [2.05, 4.69) is 5.10 Å². The van der Waals surface area contributed by atoms with E-state index in [1.54, 1.807) is 25.3 Å². The smallest absolute Gasteiger partial charge is 0.338 e. The lowest BCUT2D eigenvalue weighted by molar-refractivity contribution is 0.0526. The Morgan fingerprint density at radius 3 is 3.00 bits per heavy atom. The highest BCUT2D eigenvalue weighted by atomic mass is 16.5. The molecule has 1 atom stereocenters. The third-order valence-electron chi connectivity index (χ3n) is 2.62. The number of fused-ring (bicyclic) bond motifs is 1. The highest BCUT2D eigenvalue weighted by Gasteiger charge is 2.10. The number of aromatic nitrogens is 2. The zero-order valence-electron chi connectivity index (χ0n) is 10.6. The van der Waals surface area contributed by atoms with Gasteiger partial charge in [0.05, 0.1) is 30.4 Å². The predicted octanol–water partition coefficient (Wildman–Crippen LogP) is 1.56. The van der Waals surface area contributed by atoms with Crippen LogP contribution < -0.4 is 5.73 Å². The fourth-order valence-corrected chi connectivity index (χ4v) is 1.83. The molecule has 5 nitrogen and oxygen atoms in total. The molecule has 2 N–H and O–H groups in total. The van der Waals surface area contributed by atoms with Crippen molar-refractivity contribution in [3.05, 3.63) is 30.0 Å². The van der Waals surface area contributed by atoms with Gasteiger partial charge in [-0.3, -0.25) is 4.68 Å². The topological polar surface area (TPSA) is 70.1 Å². The van der Waals surface area contributed by atoms with Crippen LogP contribution in [0.1, 0.15) is 24.2 Å². The number of hydrogen-bond acceptors (Lipinski definition) is 4. The molecule has 0 unspecified atom stereocenters. The number of hydrogen-bond donors (Lipinski definition) is 1. The molecule has 0 radical (unpaired) electrons. The second-order valence-corrected chi connectivity index (χ2v) is 4.30. The number of carbonyl (C=O) groups is 1. The quantitative estimate of drug-likeness (QED) is 0.832. The average Bonchev–Trinajstić information content (AvgIpc) is 2.71. The molecule has 0 saturated heterocycles. The third-order valence-corrected chi connectivity index (χ3v) is 2.62. The van der Waals surface area contributed by atoms with Crippen LogP contribution in [-0.4, -0.2) is 28.4 Å². The second kappa shape index (κ2) is 5.18. The van der Waals surface area contributed by atoms with E-state index in [-0.39, 0.29) is 12.0 Å². The van der Waals surface area contributed by atoms with Crippen LogP contribution in [0.25, 0.3) is 10.9 Å². The van der Waals surface area contributed by atoms with Crippen LogP contribution >= 0.6 is 0 Å². The van der Waals surface area contributed by atoms with E-state index >= 15 is 0 Å². The maximum Gasteiger partial charge on any atom is 0.338 e. The van der Waals surface area contributed by atoms with Gasteiger partial charge in [-0.2, -0.15) is 5.10 Å². The lowest BCUT2D eigenvalue weighted by Gasteiger charge is -2.07. The first-order valence-corrected chi connectivity index (χ1v) is 6.00. The van der Waals surface area contributed by atoms with Crippen LogP contribution in [0.3, 0.4) is 0 Å². The summed E-state index contributed by atoms with van der Waals surface area (Å²) in [7, 11) is 0. The number of carbonyl (C=O) groups excluding carboxylic acids is 1. The summed E-state index contributed by atoms with van der Waals surface area (Å²) in [5, 5.41) is 5.26. The molecule has 2 aromatic rings. The molecule has 0 aliphatic rings. The van der Waals surface area contributed by atoms with Gasteiger partial charge in [0.15, 0.2) is 0 Å². The SMILES string of the molecule is CCOC(=O)c1ccc2cnn(C[C@H](C)N)c2c1. The van der Waals surface area contributed by atoms with Crippen LogP contribution in [-0.2, 0) is 11.3 Å². The van der Waals surface area contributed by atoms with E-state index < -0.39 is 0 Å². The van der Waals surface area contributed by atoms with E-state index in [9.17, 15) is 4.79 Å². The van der Waals surface area contributed by atoms with E-state index in [1.165, 1.54) is 0 Å². The summed E-state index contributed by atoms with van der Waals surface area (Å²) in [6, 6.07) is 5.42. The monoisotopic (exact) mass is 247 g/mol. The summed E-state index contributed by atoms with van der Waals surface area (Å²) in [6.07, 6.45) is 1.77. The Morgan fingerprint density at radius 1 is 1.56 bits per heavy atom. The molecule has 0 aliphatic heterocycles. The Bertz CT molecular complexity index is 560. The molecule has 0 aliphatic carbocycles. The molecule has 2 rings (SSSR count). The second-order valence-electron chi connectivity index (χ2n) is 4.30. The highest BCUT2D eigenvalue weighted by Crippen LogP contribution is 2.16. The third kappa shape index (κ3) is 2.51. The summed E-state index contributed by atoms with van der Waals surface area (Å²) in [5.74, 6) is -0.312. The minimum absolute atomic E-state index is 0.0133. The van der Waals surface area contributed by atoms with Crippen molar-refractivity contribution < 1.29 is 9.53 Å². The molecule has 0 saturated carbocycles. The molecule has 96 valence electrons. The van der Waals surface area contributed by atoms with Crippen LogP contribution in [0.2, 0.25) is 0 Å². The lowest BCUT2D eigenvalue weighted by atomic mass is 10.1. The maximum atomic E-state index is 11.7. The molecular weight excluding hydrogens is 230 g/mol. The normalized spacial score (nSPS) is 12.6. The number of nitrogens with zero attached hydrogens (tertiary/aromatic N) is 2. The number of esters is 1. The molecule has 0 bridgehead atoms. The first kappa shape index (κ1) is 12.6. The minimum Gasteiger partial charge on any atom is -0.462 e. The van der Waals surface area contributed by atoms with Gasteiger partial charge in [0, 0.05) is 11.4 Å². The average molecular weight is 247 g/mol. The predicted molar refractivity (Wildman–Crippen MR) is 69.3 cm³/mol. The molecule has 0 fully saturated rings. The van der Waals surface area contributed by atoms with Crippen LogP contribution in [0.5, 0.6) is 0 Å². The van der Waals surface area contributed by atoms with Crippen molar-refractivity contribution in [1.29, 1.82) is 0 Å². The molecule has 1 heterocycles. The Labute approximate surface area is 106 Å². The van der Waals surface area contributed by atoms with Crippen molar-refractivity contribution in [2.45, 2.75) is 26.4 Å². The van der Waals surface area contributed by atoms with Crippen molar-refractivity contribution in [3.63, 3.8) is 0 Å². The largest absolute Gasteiger partial charge is 0.462 e. The van der Waals surface area contributed by atoms with E-state index in [0.29, 0.717) is 18.7 Å². The molecule has 0 amide bonds. The summed E-state index contributed by atoms with van der Waals surface area (Å²) in [4.78, 5) is 11.7. The Kier molecular flexibility index (Phi) is 3.62. The number of ether oxygens (including phenoxy) is 1. The van der Waals surface area contributed by atoms with E-state index in [0.717, 1.165) is 10.9 Å². The Balaban J connectivity index is 2.39. The molecule has 1 aromatic carbocycles. The zero-order chi connectivity index (χ0) is 13.1. The molecular formula is C13H17N3O2. The summed E-state index contributed by atoms with van der Waals surface area (Å²) in [5.41, 5.74) is 7.21. The van der Waals surface area contributed by atoms with Crippen molar-refractivity contribution in [2.24, 2.45) is 5.73 Å². The minimum atomic E-state index is -0.312. The first-order chi connectivity index (χ1) is 8.61. The van der Waals surface area contributed by atoms with Gasteiger partial charge in [-0.25, -0.2) is 4.79 Å². The van der Waals surface area contributed by atoms with Gasteiger partial charge < -0.3 is 10.5 Å². The van der Waals surface area contributed by atoms with Gasteiger partial charge in [0.1, 0.15) is 0 Å².